The van der Waals surface area contributed by atoms with Crippen molar-refractivity contribution in [2.24, 2.45) is 0 Å². The minimum absolute atomic E-state index is 0.603. The van der Waals surface area contributed by atoms with Gasteiger partial charge in [-0.1, -0.05) is 6.92 Å². The van der Waals surface area contributed by atoms with Crippen molar-refractivity contribution in [2.75, 3.05) is 19.7 Å². The van der Waals surface area contributed by atoms with E-state index in [1.165, 1.54) is 0 Å². The van der Waals surface area contributed by atoms with Crippen molar-refractivity contribution >= 4 is 27.6 Å². The molecule has 0 saturated carbocycles. The quantitative estimate of drug-likeness (QED) is 0.482. The first kappa shape index (κ1) is 17.7. The van der Waals surface area contributed by atoms with Gasteiger partial charge in [-0.25, -0.2) is 14.2 Å². The summed E-state index contributed by atoms with van der Waals surface area (Å²) in [5, 5.41) is 14.3. The molecule has 0 bridgehead atoms. The lowest BCUT2D eigenvalue weighted by molar-refractivity contribution is 0.301. The van der Waals surface area contributed by atoms with Crippen LogP contribution in [0.1, 0.15) is 32.4 Å². The van der Waals surface area contributed by atoms with E-state index in [0.717, 1.165) is 65.8 Å². The summed E-state index contributed by atoms with van der Waals surface area (Å²) in [7, 11) is 0. The number of fused-ring (bicyclic) bond motifs is 5. The molecular weight excluding hydrogens is 342 g/mol. The zero-order chi connectivity index (χ0) is 18.8. The SMILES string of the molecule is CCCNCCCOc1nc2cc(C)nn2c2c1cnc1c2cnn1CC. The van der Waals surface area contributed by atoms with Crippen LogP contribution >= 0.6 is 0 Å². The molecule has 4 rings (SSSR count). The average molecular weight is 367 g/mol. The highest BCUT2D eigenvalue weighted by atomic mass is 16.5. The first-order chi connectivity index (χ1) is 13.2. The number of pyridine rings is 1. The summed E-state index contributed by atoms with van der Waals surface area (Å²) < 4.78 is 9.79. The largest absolute Gasteiger partial charge is 0.477 e. The molecular formula is C19H25N7O. The molecule has 8 heteroatoms. The molecule has 1 N–H and O–H groups in total. The monoisotopic (exact) mass is 367 g/mol. The minimum atomic E-state index is 0.603. The number of nitrogens with one attached hydrogen (secondary N) is 1. The van der Waals surface area contributed by atoms with E-state index in [2.05, 4.69) is 39.3 Å². The lowest BCUT2D eigenvalue weighted by atomic mass is 10.2. The Morgan fingerprint density at radius 1 is 1.15 bits per heavy atom. The molecule has 0 aliphatic rings. The van der Waals surface area contributed by atoms with Crippen LogP contribution in [-0.4, -0.2) is 49.1 Å². The summed E-state index contributed by atoms with van der Waals surface area (Å²) in [4.78, 5) is 9.29. The highest BCUT2D eigenvalue weighted by Crippen LogP contribution is 2.30. The van der Waals surface area contributed by atoms with Gasteiger partial charge in [-0.2, -0.15) is 15.2 Å². The number of nitrogens with zero attached hydrogens (tertiary/aromatic N) is 6. The Labute approximate surface area is 157 Å². The summed E-state index contributed by atoms with van der Waals surface area (Å²) in [5.74, 6) is 0.603. The normalized spacial score (nSPS) is 11.8. The molecule has 4 heterocycles. The minimum Gasteiger partial charge on any atom is -0.477 e. The van der Waals surface area contributed by atoms with Gasteiger partial charge in [-0.15, -0.1) is 0 Å². The average Bonchev–Trinajstić information content (AvgIpc) is 3.26. The molecule has 0 unspecified atom stereocenters. The number of aromatic nitrogens is 6. The van der Waals surface area contributed by atoms with Gasteiger partial charge in [0.2, 0.25) is 5.88 Å². The predicted molar refractivity (Wildman–Crippen MR) is 105 cm³/mol. The van der Waals surface area contributed by atoms with Crippen LogP contribution in [0.25, 0.3) is 27.6 Å². The van der Waals surface area contributed by atoms with Gasteiger partial charge in [0.05, 0.1) is 34.8 Å². The molecule has 4 aromatic heterocycles. The fraction of sp³-hybridized carbons (Fsp3) is 0.474. The van der Waals surface area contributed by atoms with Gasteiger partial charge in [0, 0.05) is 18.8 Å². The first-order valence-corrected chi connectivity index (χ1v) is 9.57. The van der Waals surface area contributed by atoms with Gasteiger partial charge in [0.15, 0.2) is 11.3 Å². The van der Waals surface area contributed by atoms with Crippen LogP contribution in [0.5, 0.6) is 5.88 Å². The van der Waals surface area contributed by atoms with Crippen molar-refractivity contribution in [3.05, 3.63) is 24.2 Å². The van der Waals surface area contributed by atoms with Gasteiger partial charge in [0.1, 0.15) is 0 Å². The highest BCUT2D eigenvalue weighted by Gasteiger charge is 2.17. The second-order valence-electron chi connectivity index (χ2n) is 6.64. The molecule has 8 nitrogen and oxygen atoms in total. The number of ether oxygens (including phenoxy) is 1. The van der Waals surface area contributed by atoms with Crippen molar-refractivity contribution < 1.29 is 4.74 Å². The predicted octanol–water partition coefficient (Wildman–Crippen LogP) is 2.72. The molecule has 0 radical (unpaired) electrons. The van der Waals surface area contributed by atoms with Crippen molar-refractivity contribution in [1.82, 2.24) is 34.7 Å². The summed E-state index contributed by atoms with van der Waals surface area (Å²) in [5.41, 5.74) is 3.48. The van der Waals surface area contributed by atoms with Crippen LogP contribution in [0.4, 0.5) is 0 Å². The van der Waals surface area contributed by atoms with Crippen molar-refractivity contribution in [1.29, 1.82) is 0 Å². The van der Waals surface area contributed by atoms with E-state index in [9.17, 15) is 0 Å². The Morgan fingerprint density at radius 2 is 2.04 bits per heavy atom. The lowest BCUT2D eigenvalue weighted by Gasteiger charge is -2.10. The van der Waals surface area contributed by atoms with Gasteiger partial charge in [0.25, 0.3) is 0 Å². The topological polar surface area (TPSA) is 82.2 Å². The number of rotatable bonds is 8. The third-order valence-electron chi connectivity index (χ3n) is 4.57. The van der Waals surface area contributed by atoms with Gasteiger partial charge in [-0.3, -0.25) is 0 Å². The van der Waals surface area contributed by atoms with Crippen molar-refractivity contribution in [2.45, 2.75) is 40.2 Å². The fourth-order valence-corrected chi connectivity index (χ4v) is 3.30. The maximum absolute atomic E-state index is 6.04. The van der Waals surface area contributed by atoms with Crippen molar-refractivity contribution in [3.63, 3.8) is 0 Å². The maximum Gasteiger partial charge on any atom is 0.226 e. The summed E-state index contributed by atoms with van der Waals surface area (Å²) in [6, 6.07) is 1.96. The molecule has 27 heavy (non-hydrogen) atoms. The number of aryl methyl sites for hydroxylation is 2. The molecule has 0 aliphatic carbocycles. The second kappa shape index (κ2) is 7.48. The van der Waals surface area contributed by atoms with Gasteiger partial charge in [-0.05, 0) is 39.8 Å². The standard InChI is InChI=1S/C19H25N7O/c1-4-7-20-8-6-9-27-19-15-11-21-18-14(12-22-25(18)5-2)17(15)26-16(23-19)10-13(3)24-26/h10-12,20H,4-9H2,1-3H3. The molecule has 4 aromatic rings. The Hall–Kier alpha value is -2.74. The molecule has 0 aliphatic heterocycles. The van der Waals surface area contributed by atoms with E-state index in [-0.39, 0.29) is 0 Å². The number of hydrogen-bond donors (Lipinski definition) is 1. The van der Waals surface area contributed by atoms with Crippen LogP contribution in [0.15, 0.2) is 18.5 Å². The Morgan fingerprint density at radius 3 is 2.85 bits per heavy atom. The zero-order valence-electron chi connectivity index (χ0n) is 16.1. The second-order valence-corrected chi connectivity index (χ2v) is 6.64. The number of hydrogen-bond acceptors (Lipinski definition) is 6. The summed E-state index contributed by atoms with van der Waals surface area (Å²) >= 11 is 0. The molecule has 0 atom stereocenters. The van der Waals surface area contributed by atoms with Crippen LogP contribution in [0.3, 0.4) is 0 Å². The third-order valence-corrected chi connectivity index (χ3v) is 4.57. The molecule has 0 fully saturated rings. The maximum atomic E-state index is 6.04. The fourth-order valence-electron chi connectivity index (χ4n) is 3.30. The third kappa shape index (κ3) is 3.21. The molecule has 0 amide bonds. The molecule has 142 valence electrons. The van der Waals surface area contributed by atoms with Crippen LogP contribution in [-0.2, 0) is 6.54 Å². The van der Waals surface area contributed by atoms with E-state index in [1.54, 1.807) is 0 Å². The van der Waals surface area contributed by atoms with E-state index in [1.807, 2.05) is 34.6 Å². The molecule has 0 aromatic carbocycles. The highest BCUT2D eigenvalue weighted by molar-refractivity contribution is 6.04. The summed E-state index contributed by atoms with van der Waals surface area (Å²) in [6.07, 6.45) is 5.73. The van der Waals surface area contributed by atoms with Crippen LogP contribution in [0, 0.1) is 6.92 Å². The lowest BCUT2D eigenvalue weighted by Crippen LogP contribution is -2.18. The van der Waals surface area contributed by atoms with E-state index < -0.39 is 0 Å². The first-order valence-electron chi connectivity index (χ1n) is 9.57. The van der Waals surface area contributed by atoms with E-state index in [0.29, 0.717) is 12.5 Å². The Bertz CT molecular complexity index is 1080. The summed E-state index contributed by atoms with van der Waals surface area (Å²) in [6.45, 7) is 9.53. The van der Waals surface area contributed by atoms with Crippen molar-refractivity contribution in [3.8, 4) is 5.88 Å². The Balaban J connectivity index is 1.76. The van der Waals surface area contributed by atoms with E-state index in [4.69, 9.17) is 4.74 Å². The molecule has 0 saturated heterocycles. The van der Waals surface area contributed by atoms with E-state index >= 15 is 0 Å². The molecule has 0 spiro atoms. The van der Waals surface area contributed by atoms with Gasteiger partial charge < -0.3 is 10.1 Å². The van der Waals surface area contributed by atoms with Crippen LogP contribution in [0.2, 0.25) is 0 Å². The Kier molecular flexibility index (Phi) is 4.89. The van der Waals surface area contributed by atoms with Gasteiger partial charge >= 0.3 is 0 Å². The zero-order valence-corrected chi connectivity index (χ0v) is 16.1. The van der Waals surface area contributed by atoms with Crippen LogP contribution < -0.4 is 10.1 Å². The smallest absolute Gasteiger partial charge is 0.226 e.